The van der Waals surface area contributed by atoms with Crippen LogP contribution in [0.2, 0.25) is 0 Å². The number of hydrogen-bond donors (Lipinski definition) is 0. The smallest absolute Gasteiger partial charge is 0 e. The molecule has 51 valence electrons. The van der Waals surface area contributed by atoms with Gasteiger partial charge in [-0.1, -0.05) is 20.4 Å². The van der Waals surface area contributed by atoms with E-state index in [2.05, 4.69) is 28.9 Å². The molecule has 0 unspecified atom stereocenters. The van der Waals surface area contributed by atoms with Gasteiger partial charge in [-0.25, -0.2) is 0 Å². The predicted molar refractivity (Wildman–Crippen MR) is 42.0 cm³/mol. The topological polar surface area (TPSA) is 0 Å². The van der Waals surface area contributed by atoms with Gasteiger partial charge in [0.25, 0.3) is 0 Å². The van der Waals surface area contributed by atoms with Crippen molar-refractivity contribution in [1.82, 2.24) is 0 Å². The number of hydrogen-bond acceptors (Lipinski definition) is 0. The van der Waals surface area contributed by atoms with Gasteiger partial charge in [-0.3, -0.25) is 0 Å². The summed E-state index contributed by atoms with van der Waals surface area (Å²) in [6.45, 7) is 3.74. The first-order valence-corrected chi connectivity index (χ1v) is 3.57. The minimum absolute atomic E-state index is 0. The van der Waals surface area contributed by atoms with Crippen LogP contribution < -0.4 is 0 Å². The second-order valence-electron chi connectivity index (χ2n) is 1.78. The molecular formula is C8H7BrY-2. The number of benzene rings is 1. The Balaban J connectivity index is 0.000000810. The van der Waals surface area contributed by atoms with Crippen LogP contribution in [0.3, 0.4) is 0 Å². The summed E-state index contributed by atoms with van der Waals surface area (Å²) in [6.07, 6.45) is 0.805. The second-order valence-corrected chi connectivity index (χ2v) is 2.70. The van der Waals surface area contributed by atoms with E-state index in [1.54, 1.807) is 0 Å². The summed E-state index contributed by atoms with van der Waals surface area (Å²) in [4.78, 5) is 0. The zero-order valence-electron chi connectivity index (χ0n) is 5.60. The molecule has 2 heteroatoms. The third-order valence-corrected chi connectivity index (χ3v) is 1.59. The Morgan fingerprint density at radius 3 is 2.70 bits per heavy atom. The zero-order valence-corrected chi connectivity index (χ0v) is 10.0. The predicted octanol–water partition coefficient (Wildman–Crippen LogP) is 2.62. The van der Waals surface area contributed by atoms with E-state index in [1.807, 2.05) is 18.2 Å². The van der Waals surface area contributed by atoms with E-state index in [4.69, 9.17) is 0 Å². The molecule has 1 radical (unpaired) electrons. The molecule has 0 heterocycles. The molecule has 0 aliphatic heterocycles. The van der Waals surface area contributed by atoms with Crippen LogP contribution in [0.1, 0.15) is 5.56 Å². The minimum atomic E-state index is 0. The average molecular weight is 272 g/mol. The molecule has 0 nitrogen and oxygen atoms in total. The summed E-state index contributed by atoms with van der Waals surface area (Å²) >= 11 is 3.36. The minimum Gasteiger partial charge on any atom is -0.341 e. The summed E-state index contributed by atoms with van der Waals surface area (Å²) in [5.74, 6) is 0. The molecule has 0 atom stereocenters. The van der Waals surface area contributed by atoms with Crippen LogP contribution in [0, 0.1) is 13.0 Å². The zero-order chi connectivity index (χ0) is 6.69. The molecule has 0 fully saturated rings. The SMILES string of the molecule is [CH2-]Cc1[c-]ccc(Br)c1.[Y]. The van der Waals surface area contributed by atoms with Gasteiger partial charge in [-0.05, 0) is 0 Å². The fraction of sp³-hybridized carbons (Fsp3) is 0.125. The van der Waals surface area contributed by atoms with Crippen molar-refractivity contribution < 1.29 is 32.7 Å². The number of rotatable bonds is 1. The monoisotopic (exact) mass is 271 g/mol. The molecule has 1 aromatic rings. The second kappa shape index (κ2) is 5.45. The first kappa shape index (κ1) is 10.8. The Kier molecular flexibility index (Phi) is 5.89. The summed E-state index contributed by atoms with van der Waals surface area (Å²) in [6, 6.07) is 8.94. The maximum absolute atomic E-state index is 3.74. The van der Waals surface area contributed by atoms with Crippen molar-refractivity contribution in [2.24, 2.45) is 0 Å². The van der Waals surface area contributed by atoms with Gasteiger partial charge < -0.3 is 6.92 Å². The molecule has 0 saturated heterocycles. The Hall–Kier alpha value is 0.804. The van der Waals surface area contributed by atoms with Gasteiger partial charge in [-0.2, -0.15) is 36.2 Å². The van der Waals surface area contributed by atoms with E-state index in [1.165, 1.54) is 0 Å². The van der Waals surface area contributed by atoms with Gasteiger partial charge >= 0.3 is 0 Å². The summed E-state index contributed by atoms with van der Waals surface area (Å²) < 4.78 is 1.10. The van der Waals surface area contributed by atoms with Gasteiger partial charge in [0.1, 0.15) is 0 Å². The van der Waals surface area contributed by atoms with Crippen molar-refractivity contribution in [2.75, 3.05) is 0 Å². The number of halogens is 1. The van der Waals surface area contributed by atoms with Crippen molar-refractivity contribution in [3.8, 4) is 0 Å². The van der Waals surface area contributed by atoms with E-state index < -0.39 is 0 Å². The molecule has 1 rings (SSSR count). The van der Waals surface area contributed by atoms with Gasteiger partial charge in [0.15, 0.2) is 0 Å². The summed E-state index contributed by atoms with van der Waals surface area (Å²) in [5, 5.41) is 0. The van der Waals surface area contributed by atoms with Crippen molar-refractivity contribution in [3.05, 3.63) is 41.2 Å². The van der Waals surface area contributed by atoms with Crippen LogP contribution in [0.15, 0.2) is 22.7 Å². The molecule has 0 aliphatic carbocycles. The standard InChI is InChI=1S/C8H7Br.Y/c1-2-7-4-3-5-8(9)6-7;/h3,5-6H,1-2H2;/q-2;. The average Bonchev–Trinajstić information content (AvgIpc) is 1.88. The first-order chi connectivity index (χ1) is 4.33. The van der Waals surface area contributed by atoms with Gasteiger partial charge in [-0.15, -0.1) is 0 Å². The van der Waals surface area contributed by atoms with Crippen LogP contribution in [-0.4, -0.2) is 0 Å². The van der Waals surface area contributed by atoms with Crippen LogP contribution in [0.5, 0.6) is 0 Å². The summed E-state index contributed by atoms with van der Waals surface area (Å²) in [7, 11) is 0. The third kappa shape index (κ3) is 3.27. The van der Waals surface area contributed by atoms with E-state index in [0.29, 0.717) is 0 Å². The normalized spacial score (nSPS) is 8.60. The molecule has 0 aliphatic rings. The van der Waals surface area contributed by atoms with E-state index in [0.717, 1.165) is 16.5 Å². The Morgan fingerprint density at radius 1 is 1.60 bits per heavy atom. The van der Waals surface area contributed by atoms with Crippen molar-refractivity contribution in [1.29, 1.82) is 0 Å². The van der Waals surface area contributed by atoms with Crippen molar-refractivity contribution >= 4 is 15.9 Å². The molecule has 10 heavy (non-hydrogen) atoms. The third-order valence-electron chi connectivity index (χ3n) is 1.09. The largest absolute Gasteiger partial charge is 0.341 e. The Labute approximate surface area is 95.4 Å². The Morgan fingerprint density at radius 2 is 2.30 bits per heavy atom. The van der Waals surface area contributed by atoms with Crippen LogP contribution in [0.25, 0.3) is 0 Å². The maximum Gasteiger partial charge on any atom is 0 e. The molecule has 0 spiro atoms. The summed E-state index contributed by atoms with van der Waals surface area (Å²) in [5.41, 5.74) is 1.14. The van der Waals surface area contributed by atoms with Crippen molar-refractivity contribution in [3.63, 3.8) is 0 Å². The molecule has 0 bridgehead atoms. The van der Waals surface area contributed by atoms with Crippen LogP contribution in [-0.2, 0) is 39.1 Å². The quantitative estimate of drug-likeness (QED) is 0.689. The first-order valence-electron chi connectivity index (χ1n) is 2.78. The van der Waals surface area contributed by atoms with E-state index >= 15 is 0 Å². The Bertz CT molecular complexity index is 198. The van der Waals surface area contributed by atoms with E-state index in [9.17, 15) is 0 Å². The fourth-order valence-corrected chi connectivity index (χ4v) is 1.04. The molecule has 0 aromatic heterocycles. The molecule has 0 saturated carbocycles. The van der Waals surface area contributed by atoms with Gasteiger partial charge in [0.2, 0.25) is 0 Å². The molecule has 0 amide bonds. The molecule has 0 N–H and O–H groups in total. The van der Waals surface area contributed by atoms with Crippen molar-refractivity contribution in [2.45, 2.75) is 6.42 Å². The van der Waals surface area contributed by atoms with Gasteiger partial charge in [0, 0.05) is 32.7 Å². The molecule has 1 aromatic carbocycles. The van der Waals surface area contributed by atoms with E-state index in [-0.39, 0.29) is 32.7 Å². The van der Waals surface area contributed by atoms with Crippen LogP contribution >= 0.6 is 15.9 Å². The van der Waals surface area contributed by atoms with Crippen LogP contribution in [0.4, 0.5) is 0 Å². The fourth-order valence-electron chi connectivity index (χ4n) is 0.629. The molecular weight excluding hydrogens is 265 g/mol. The van der Waals surface area contributed by atoms with Gasteiger partial charge in [0.05, 0.1) is 0 Å². The maximum atomic E-state index is 3.74.